The van der Waals surface area contributed by atoms with Gasteiger partial charge in [0.1, 0.15) is 6.26 Å². The molecule has 0 atom stereocenters. The van der Waals surface area contributed by atoms with E-state index in [1.807, 2.05) is 11.6 Å². The summed E-state index contributed by atoms with van der Waals surface area (Å²) >= 11 is 1.64. The van der Waals surface area contributed by atoms with E-state index in [2.05, 4.69) is 50.0 Å². The van der Waals surface area contributed by atoms with Crippen LogP contribution in [0.2, 0.25) is 0 Å². The van der Waals surface area contributed by atoms with Gasteiger partial charge in [0.15, 0.2) is 0 Å². The molecule has 0 amide bonds. The third-order valence-corrected chi connectivity index (χ3v) is 5.08. The Hall–Kier alpha value is -2.18. The largest absolute Gasteiger partial charge is 0.371 e. The number of benzene rings is 1. The van der Waals surface area contributed by atoms with Crippen LogP contribution in [-0.2, 0) is 6.54 Å². The predicted octanol–water partition coefficient (Wildman–Crippen LogP) is 3.56. The lowest BCUT2D eigenvalue weighted by molar-refractivity contribution is 0.387. The van der Waals surface area contributed by atoms with Crippen molar-refractivity contribution in [1.29, 1.82) is 0 Å². The van der Waals surface area contributed by atoms with Gasteiger partial charge in [-0.2, -0.15) is 0 Å². The molecule has 0 aliphatic carbocycles. The van der Waals surface area contributed by atoms with E-state index in [4.69, 9.17) is 4.52 Å². The van der Waals surface area contributed by atoms with Crippen LogP contribution in [-0.4, -0.2) is 29.3 Å². The van der Waals surface area contributed by atoms with Gasteiger partial charge in [-0.1, -0.05) is 17.3 Å². The normalized spacial score (nSPS) is 15.8. The van der Waals surface area contributed by atoms with Crippen molar-refractivity contribution in [1.82, 2.24) is 15.5 Å². The van der Waals surface area contributed by atoms with Gasteiger partial charge in [-0.25, -0.2) is 4.98 Å². The van der Waals surface area contributed by atoms with Crippen molar-refractivity contribution in [2.24, 2.45) is 0 Å². The summed E-state index contributed by atoms with van der Waals surface area (Å²) in [5.41, 5.74) is 6.39. The molecule has 6 heteroatoms. The Morgan fingerprint density at radius 1 is 1.25 bits per heavy atom. The summed E-state index contributed by atoms with van der Waals surface area (Å²) in [6, 6.07) is 11.1. The summed E-state index contributed by atoms with van der Waals surface area (Å²) in [4.78, 5) is 6.87. The van der Waals surface area contributed by atoms with E-state index in [0.29, 0.717) is 6.04 Å². The lowest BCUT2D eigenvalue weighted by atomic mass is 10.0. The molecular formula is C18H20N4OS. The molecule has 0 saturated carbocycles. The number of anilines is 1. The molecule has 1 aliphatic rings. The van der Waals surface area contributed by atoms with E-state index >= 15 is 0 Å². The molecule has 4 rings (SSSR count). The van der Waals surface area contributed by atoms with Crippen molar-refractivity contribution in [3.05, 3.63) is 53.2 Å². The molecule has 2 aromatic heterocycles. The third kappa shape index (κ3) is 3.49. The highest BCUT2D eigenvalue weighted by molar-refractivity contribution is 7.07. The molecule has 3 heterocycles. The fraction of sp³-hybridized carbons (Fsp3) is 0.333. The number of nitrogens with zero attached hydrogens (tertiary/aromatic N) is 3. The number of rotatable bonds is 5. The first-order valence-electron chi connectivity index (χ1n) is 8.25. The van der Waals surface area contributed by atoms with Crippen molar-refractivity contribution in [3.63, 3.8) is 0 Å². The standard InChI is InChI=1S/C18H20N4OS/c1-2-14(18-12-24-13-20-18)10-17(3-1)22-7-4-15(5-8-22)19-11-16-6-9-23-21-16/h1-3,6,9-10,12-13,15,19H,4-5,7-8,11H2. The van der Waals surface area contributed by atoms with Crippen LogP contribution < -0.4 is 10.2 Å². The Morgan fingerprint density at radius 3 is 2.92 bits per heavy atom. The van der Waals surface area contributed by atoms with Crippen LogP contribution in [0.1, 0.15) is 18.5 Å². The van der Waals surface area contributed by atoms with E-state index in [1.54, 1.807) is 17.6 Å². The van der Waals surface area contributed by atoms with Crippen molar-refractivity contribution in [3.8, 4) is 11.3 Å². The topological polar surface area (TPSA) is 54.2 Å². The zero-order valence-electron chi connectivity index (χ0n) is 13.4. The van der Waals surface area contributed by atoms with Crippen LogP contribution >= 0.6 is 11.3 Å². The second-order valence-electron chi connectivity index (χ2n) is 6.06. The van der Waals surface area contributed by atoms with Crippen molar-refractivity contribution < 1.29 is 4.52 Å². The van der Waals surface area contributed by atoms with Gasteiger partial charge in [-0.3, -0.25) is 0 Å². The van der Waals surface area contributed by atoms with Crippen LogP contribution in [0.5, 0.6) is 0 Å². The van der Waals surface area contributed by atoms with Gasteiger partial charge in [0.2, 0.25) is 0 Å². The minimum Gasteiger partial charge on any atom is -0.371 e. The monoisotopic (exact) mass is 340 g/mol. The maximum absolute atomic E-state index is 4.87. The van der Waals surface area contributed by atoms with Crippen molar-refractivity contribution >= 4 is 17.0 Å². The molecule has 1 saturated heterocycles. The molecule has 1 fully saturated rings. The van der Waals surface area contributed by atoms with E-state index < -0.39 is 0 Å². The fourth-order valence-corrected chi connectivity index (χ4v) is 3.70. The first kappa shape index (κ1) is 15.4. The predicted molar refractivity (Wildman–Crippen MR) is 96.1 cm³/mol. The first-order chi connectivity index (χ1) is 11.9. The molecule has 5 nitrogen and oxygen atoms in total. The van der Waals surface area contributed by atoms with E-state index in [1.165, 1.54) is 11.3 Å². The van der Waals surface area contributed by atoms with E-state index in [9.17, 15) is 0 Å². The van der Waals surface area contributed by atoms with Crippen LogP contribution in [0.25, 0.3) is 11.3 Å². The Morgan fingerprint density at radius 2 is 2.17 bits per heavy atom. The summed E-state index contributed by atoms with van der Waals surface area (Å²) in [5, 5.41) is 9.61. The fourth-order valence-electron chi connectivity index (χ4n) is 3.14. The maximum Gasteiger partial charge on any atom is 0.124 e. The smallest absolute Gasteiger partial charge is 0.124 e. The number of piperidine rings is 1. The van der Waals surface area contributed by atoms with E-state index in [0.717, 1.165) is 43.9 Å². The molecule has 24 heavy (non-hydrogen) atoms. The van der Waals surface area contributed by atoms with Crippen LogP contribution in [0.4, 0.5) is 5.69 Å². The summed E-state index contributed by atoms with van der Waals surface area (Å²) < 4.78 is 4.87. The highest BCUT2D eigenvalue weighted by Crippen LogP contribution is 2.26. The minimum absolute atomic E-state index is 0.541. The van der Waals surface area contributed by atoms with Crippen molar-refractivity contribution in [2.75, 3.05) is 18.0 Å². The summed E-state index contributed by atoms with van der Waals surface area (Å²) in [7, 11) is 0. The molecule has 1 aliphatic heterocycles. The molecule has 0 radical (unpaired) electrons. The lowest BCUT2D eigenvalue weighted by Gasteiger charge is -2.34. The summed E-state index contributed by atoms with van der Waals surface area (Å²) in [6.07, 6.45) is 3.90. The highest BCUT2D eigenvalue weighted by Gasteiger charge is 2.19. The number of nitrogens with one attached hydrogen (secondary N) is 1. The molecule has 1 aromatic carbocycles. The summed E-state index contributed by atoms with van der Waals surface area (Å²) in [6.45, 7) is 2.91. The molecular weight excluding hydrogens is 320 g/mol. The molecule has 3 aromatic rings. The Labute approximate surface area is 145 Å². The van der Waals surface area contributed by atoms with Gasteiger partial charge in [0.05, 0.1) is 16.9 Å². The zero-order valence-corrected chi connectivity index (χ0v) is 14.2. The minimum atomic E-state index is 0.541. The average Bonchev–Trinajstić information content (AvgIpc) is 3.34. The Balaban J connectivity index is 1.35. The molecule has 124 valence electrons. The zero-order chi connectivity index (χ0) is 16.2. The molecule has 0 bridgehead atoms. The van der Waals surface area contributed by atoms with Crippen LogP contribution in [0, 0.1) is 0 Å². The second kappa shape index (κ2) is 7.15. The van der Waals surface area contributed by atoms with Gasteiger partial charge < -0.3 is 14.7 Å². The Bertz CT molecular complexity index is 749. The quantitative estimate of drug-likeness (QED) is 0.770. The number of aromatic nitrogens is 2. The number of hydrogen-bond donors (Lipinski definition) is 1. The van der Waals surface area contributed by atoms with Gasteiger partial charge in [-0.05, 0) is 25.0 Å². The van der Waals surface area contributed by atoms with E-state index in [-0.39, 0.29) is 0 Å². The van der Waals surface area contributed by atoms with Crippen LogP contribution in [0.15, 0.2) is 52.0 Å². The second-order valence-corrected chi connectivity index (χ2v) is 6.78. The SMILES string of the molecule is c1cc(-c2cscn2)cc(N2CCC(NCc3ccon3)CC2)c1. The van der Waals surface area contributed by atoms with Crippen LogP contribution in [0.3, 0.4) is 0 Å². The Kier molecular flexibility index (Phi) is 4.57. The molecule has 0 spiro atoms. The summed E-state index contributed by atoms with van der Waals surface area (Å²) in [5.74, 6) is 0. The van der Waals surface area contributed by atoms with Gasteiger partial charge in [0.25, 0.3) is 0 Å². The van der Waals surface area contributed by atoms with Crippen molar-refractivity contribution in [2.45, 2.75) is 25.4 Å². The first-order valence-corrected chi connectivity index (χ1v) is 9.19. The molecule has 0 unspecified atom stereocenters. The molecule has 1 N–H and O–H groups in total. The highest BCUT2D eigenvalue weighted by atomic mass is 32.1. The maximum atomic E-state index is 4.87. The van der Waals surface area contributed by atoms with Gasteiger partial charge >= 0.3 is 0 Å². The average molecular weight is 340 g/mol. The lowest BCUT2D eigenvalue weighted by Crippen LogP contribution is -2.42. The van der Waals surface area contributed by atoms with Gasteiger partial charge in [0, 0.05) is 48.4 Å². The third-order valence-electron chi connectivity index (χ3n) is 4.50. The van der Waals surface area contributed by atoms with Gasteiger partial charge in [-0.15, -0.1) is 11.3 Å². The number of thiazole rings is 1. The number of hydrogen-bond acceptors (Lipinski definition) is 6.